The number of nitrogens with zero attached hydrogens (tertiary/aromatic N) is 1. The third-order valence-electron chi connectivity index (χ3n) is 7.25. The van der Waals surface area contributed by atoms with Gasteiger partial charge in [-0.3, -0.25) is 4.79 Å². The molecule has 1 aliphatic rings. The summed E-state index contributed by atoms with van der Waals surface area (Å²) in [6.45, 7) is 8.76. The van der Waals surface area contributed by atoms with E-state index in [-0.39, 0.29) is 18.9 Å². The highest BCUT2D eigenvalue weighted by molar-refractivity contribution is 5.76. The van der Waals surface area contributed by atoms with Crippen molar-refractivity contribution in [2.24, 2.45) is 17.1 Å². The molecule has 3 N–H and O–H groups in total. The summed E-state index contributed by atoms with van der Waals surface area (Å²) in [5.74, 6) is 2.21. The van der Waals surface area contributed by atoms with Crippen molar-refractivity contribution < 1.29 is 19.4 Å². The van der Waals surface area contributed by atoms with Crippen molar-refractivity contribution in [2.45, 2.75) is 58.8 Å². The number of primary amides is 1. The van der Waals surface area contributed by atoms with Crippen molar-refractivity contribution in [2.75, 3.05) is 38.3 Å². The minimum atomic E-state index is -0.384. The second kappa shape index (κ2) is 12.3. The Bertz CT molecular complexity index is 961. The first-order valence-corrected chi connectivity index (χ1v) is 12.7. The number of methoxy groups -OCH3 is 1. The summed E-state index contributed by atoms with van der Waals surface area (Å²) in [6.07, 6.45) is 5.20. The van der Waals surface area contributed by atoms with E-state index < -0.39 is 0 Å². The van der Waals surface area contributed by atoms with Gasteiger partial charge < -0.3 is 25.2 Å². The van der Waals surface area contributed by atoms with Crippen LogP contribution in [0.2, 0.25) is 0 Å². The summed E-state index contributed by atoms with van der Waals surface area (Å²) in [5, 5.41) is 9.68. The molecule has 1 fully saturated rings. The molecule has 35 heavy (non-hydrogen) atoms. The van der Waals surface area contributed by atoms with Crippen LogP contribution in [0.15, 0.2) is 42.5 Å². The lowest BCUT2D eigenvalue weighted by Gasteiger charge is -2.37. The minimum Gasteiger partial charge on any atom is -0.493 e. The first-order valence-electron chi connectivity index (χ1n) is 12.7. The Morgan fingerprint density at radius 2 is 1.80 bits per heavy atom. The maximum absolute atomic E-state index is 11.2. The number of nitrogens with two attached hydrogens (primary N) is 1. The van der Waals surface area contributed by atoms with Crippen LogP contribution in [-0.4, -0.2) is 44.4 Å². The molecule has 6 nitrogen and oxygen atoms in total. The molecule has 0 heterocycles. The molecule has 2 aromatic carbocycles. The average Bonchev–Trinajstić information content (AvgIpc) is 2.83. The Kier molecular flexibility index (Phi) is 9.44. The first kappa shape index (κ1) is 26.9. The van der Waals surface area contributed by atoms with Gasteiger partial charge in [-0.05, 0) is 78.3 Å². The lowest BCUT2D eigenvalue weighted by atomic mass is 9.68. The first-order chi connectivity index (χ1) is 16.7. The predicted octanol–water partition coefficient (Wildman–Crippen LogP) is 4.92. The number of aliphatic hydroxyl groups is 1. The van der Waals surface area contributed by atoms with Crippen LogP contribution >= 0.6 is 0 Å². The molecule has 0 atom stereocenters. The van der Waals surface area contributed by atoms with Crippen molar-refractivity contribution in [3.05, 3.63) is 53.6 Å². The topological polar surface area (TPSA) is 85.0 Å². The monoisotopic (exact) mass is 482 g/mol. The Labute approximate surface area is 210 Å². The number of carbonyl (C=O) groups is 1. The van der Waals surface area contributed by atoms with E-state index in [1.54, 1.807) is 13.2 Å². The zero-order valence-corrected chi connectivity index (χ0v) is 21.8. The number of benzene rings is 2. The van der Waals surface area contributed by atoms with E-state index in [1.165, 1.54) is 31.2 Å². The number of hydrogen-bond donors (Lipinski definition) is 2. The number of anilines is 1. The van der Waals surface area contributed by atoms with Gasteiger partial charge in [-0.25, -0.2) is 0 Å². The lowest BCUT2D eigenvalue weighted by Crippen LogP contribution is -2.31. The Balaban J connectivity index is 1.63. The van der Waals surface area contributed by atoms with Gasteiger partial charge >= 0.3 is 0 Å². The Morgan fingerprint density at radius 1 is 1.06 bits per heavy atom. The molecule has 0 aromatic heterocycles. The fourth-order valence-corrected chi connectivity index (χ4v) is 5.17. The maximum atomic E-state index is 11.2. The summed E-state index contributed by atoms with van der Waals surface area (Å²) in [4.78, 5) is 13.4. The summed E-state index contributed by atoms with van der Waals surface area (Å²) < 4.78 is 11.4. The molecule has 1 saturated carbocycles. The summed E-state index contributed by atoms with van der Waals surface area (Å²) in [6, 6.07) is 14.2. The van der Waals surface area contributed by atoms with Gasteiger partial charge in [-0.2, -0.15) is 0 Å². The molecule has 0 bridgehead atoms. The van der Waals surface area contributed by atoms with Gasteiger partial charge in [0.2, 0.25) is 5.91 Å². The standard InChI is InChI=1S/C29H42N2O4/c1-29(2,3)24-11-9-22(10-12-24)23-6-5-7-25(20-23)31(14-16-32)15-17-35-26-13-8-21(19-28(30)33)18-27(26)34-4/h5-8,13,18,20,22,24,32H,9-12,14-17,19H2,1-4H3,(H2,30,33). The van der Waals surface area contributed by atoms with E-state index in [2.05, 4.69) is 49.9 Å². The van der Waals surface area contributed by atoms with Crippen molar-refractivity contribution in [3.63, 3.8) is 0 Å². The molecule has 1 aliphatic carbocycles. The predicted molar refractivity (Wildman–Crippen MR) is 141 cm³/mol. The van der Waals surface area contributed by atoms with E-state index in [0.717, 1.165) is 17.2 Å². The highest BCUT2D eigenvalue weighted by Crippen LogP contribution is 2.43. The molecule has 3 rings (SSSR count). The summed E-state index contributed by atoms with van der Waals surface area (Å²) >= 11 is 0. The molecule has 0 spiro atoms. The smallest absolute Gasteiger partial charge is 0.221 e. The van der Waals surface area contributed by atoms with Gasteiger partial charge in [0.25, 0.3) is 0 Å². The lowest BCUT2D eigenvalue weighted by molar-refractivity contribution is -0.117. The van der Waals surface area contributed by atoms with E-state index in [1.807, 2.05) is 12.1 Å². The number of amides is 1. The van der Waals surface area contributed by atoms with Crippen LogP contribution in [0.1, 0.15) is 63.5 Å². The SMILES string of the molecule is COc1cc(CC(N)=O)ccc1OCCN(CCO)c1cccc(C2CCC(C(C)(C)C)CC2)c1. The van der Waals surface area contributed by atoms with Gasteiger partial charge in [0.1, 0.15) is 6.61 Å². The van der Waals surface area contributed by atoms with Gasteiger partial charge in [0, 0.05) is 12.2 Å². The molecular formula is C29H42N2O4. The van der Waals surface area contributed by atoms with Crippen LogP contribution in [0.4, 0.5) is 5.69 Å². The molecule has 6 heteroatoms. The molecular weight excluding hydrogens is 440 g/mol. The van der Waals surface area contributed by atoms with Crippen molar-refractivity contribution in [1.29, 1.82) is 0 Å². The molecule has 0 aliphatic heterocycles. The van der Waals surface area contributed by atoms with E-state index in [0.29, 0.717) is 42.5 Å². The zero-order chi connectivity index (χ0) is 25.4. The van der Waals surface area contributed by atoms with Crippen LogP contribution in [0.3, 0.4) is 0 Å². The van der Waals surface area contributed by atoms with Crippen molar-refractivity contribution in [1.82, 2.24) is 0 Å². The molecule has 0 saturated heterocycles. The number of ether oxygens (including phenoxy) is 2. The molecule has 192 valence electrons. The maximum Gasteiger partial charge on any atom is 0.221 e. The zero-order valence-electron chi connectivity index (χ0n) is 21.8. The third-order valence-corrected chi connectivity index (χ3v) is 7.25. The third kappa shape index (κ3) is 7.63. The highest BCUT2D eigenvalue weighted by atomic mass is 16.5. The average molecular weight is 483 g/mol. The Hall–Kier alpha value is -2.73. The molecule has 2 aromatic rings. The Morgan fingerprint density at radius 3 is 2.43 bits per heavy atom. The van der Waals surface area contributed by atoms with Gasteiger partial charge in [-0.1, -0.05) is 39.0 Å². The number of hydrogen-bond acceptors (Lipinski definition) is 5. The number of carbonyl (C=O) groups excluding carboxylic acids is 1. The van der Waals surface area contributed by atoms with E-state index in [4.69, 9.17) is 15.2 Å². The van der Waals surface area contributed by atoms with Gasteiger partial charge in [0.15, 0.2) is 11.5 Å². The summed E-state index contributed by atoms with van der Waals surface area (Å²) in [5.41, 5.74) is 8.98. The largest absolute Gasteiger partial charge is 0.493 e. The van der Waals surface area contributed by atoms with Crippen LogP contribution in [0.25, 0.3) is 0 Å². The molecule has 0 unspecified atom stereocenters. The second-order valence-electron chi connectivity index (χ2n) is 10.7. The van der Waals surface area contributed by atoms with Crippen molar-refractivity contribution >= 4 is 11.6 Å². The van der Waals surface area contributed by atoms with Crippen LogP contribution < -0.4 is 20.1 Å². The normalized spacial score (nSPS) is 18.2. The van der Waals surface area contributed by atoms with Gasteiger partial charge in [-0.15, -0.1) is 0 Å². The fraction of sp³-hybridized carbons (Fsp3) is 0.552. The second-order valence-corrected chi connectivity index (χ2v) is 10.7. The minimum absolute atomic E-state index is 0.0755. The quantitative estimate of drug-likeness (QED) is 0.475. The van der Waals surface area contributed by atoms with Crippen LogP contribution in [0, 0.1) is 11.3 Å². The van der Waals surface area contributed by atoms with E-state index >= 15 is 0 Å². The molecule has 1 amide bonds. The van der Waals surface area contributed by atoms with E-state index in [9.17, 15) is 9.90 Å². The fourth-order valence-electron chi connectivity index (χ4n) is 5.17. The number of aliphatic hydroxyl groups excluding tert-OH is 1. The van der Waals surface area contributed by atoms with Crippen molar-refractivity contribution in [3.8, 4) is 11.5 Å². The highest BCUT2D eigenvalue weighted by Gasteiger charge is 2.30. The van der Waals surface area contributed by atoms with Crippen LogP contribution in [0.5, 0.6) is 11.5 Å². The summed E-state index contributed by atoms with van der Waals surface area (Å²) in [7, 11) is 1.58. The van der Waals surface area contributed by atoms with Crippen LogP contribution in [-0.2, 0) is 11.2 Å². The van der Waals surface area contributed by atoms with Gasteiger partial charge in [0.05, 0.1) is 26.7 Å². The molecule has 0 radical (unpaired) electrons. The number of rotatable bonds is 11.